The molecular formula is C24H21BrF2N4OS2. The topological polar surface area (TPSA) is 58.8 Å². The summed E-state index contributed by atoms with van der Waals surface area (Å²) in [5.41, 5.74) is 5.02. The van der Waals surface area contributed by atoms with Crippen molar-refractivity contribution in [2.24, 2.45) is 10.2 Å². The standard InChI is InChI=1S/C24H21BrF2N4OS2/c1-14-11-17(15(2)31(14)19-7-5-18(25)6-8-19)13-28-30-24-29-22(32)21(34-24)12-16-3-9-20(10-4-16)33-23(26)27/h3-11,13,21,23H,12H2,1-2H3,(H,29,30,32)/b28-13+. The number of nitrogens with zero attached hydrogens (tertiary/aromatic N) is 3. The van der Waals surface area contributed by atoms with E-state index in [1.165, 1.54) is 11.8 Å². The molecule has 176 valence electrons. The number of hydrogen-bond donors (Lipinski definition) is 1. The first-order valence-corrected chi connectivity index (χ1v) is 12.9. The Balaban J connectivity index is 1.41. The van der Waals surface area contributed by atoms with Gasteiger partial charge in [-0.3, -0.25) is 4.79 Å². The van der Waals surface area contributed by atoms with E-state index in [0.29, 0.717) is 28.2 Å². The zero-order valence-corrected chi connectivity index (χ0v) is 21.6. The Labute approximate surface area is 213 Å². The molecule has 1 aromatic heterocycles. The molecule has 5 nitrogen and oxygen atoms in total. The summed E-state index contributed by atoms with van der Waals surface area (Å²) in [6.45, 7) is 4.06. The Morgan fingerprint density at radius 1 is 1.18 bits per heavy atom. The molecule has 1 N–H and O–H groups in total. The Morgan fingerprint density at radius 3 is 2.56 bits per heavy atom. The van der Waals surface area contributed by atoms with E-state index in [1.54, 1.807) is 30.5 Å². The predicted octanol–water partition coefficient (Wildman–Crippen LogP) is 6.34. The third-order valence-electron chi connectivity index (χ3n) is 5.25. The highest BCUT2D eigenvalue weighted by molar-refractivity contribution is 9.10. The van der Waals surface area contributed by atoms with Crippen LogP contribution in [0.1, 0.15) is 22.5 Å². The Bertz CT molecular complexity index is 1240. The van der Waals surface area contributed by atoms with Crippen molar-refractivity contribution >= 4 is 56.7 Å². The third-order valence-corrected chi connectivity index (χ3v) is 7.57. The molecule has 1 aliphatic heterocycles. The summed E-state index contributed by atoms with van der Waals surface area (Å²) in [5, 5.41) is 11.2. The highest BCUT2D eigenvalue weighted by atomic mass is 79.9. The second-order valence-electron chi connectivity index (χ2n) is 7.61. The number of hydrogen-bond acceptors (Lipinski definition) is 5. The molecule has 34 heavy (non-hydrogen) atoms. The minimum atomic E-state index is -2.45. The van der Waals surface area contributed by atoms with Crippen molar-refractivity contribution < 1.29 is 13.6 Å². The zero-order valence-electron chi connectivity index (χ0n) is 18.3. The van der Waals surface area contributed by atoms with E-state index in [9.17, 15) is 13.6 Å². The molecule has 1 aliphatic rings. The number of alkyl halides is 2. The fourth-order valence-corrected chi connectivity index (χ4v) is 5.39. The van der Waals surface area contributed by atoms with Crippen molar-refractivity contribution in [3.05, 3.63) is 81.6 Å². The van der Waals surface area contributed by atoms with Gasteiger partial charge in [0.15, 0.2) is 5.17 Å². The van der Waals surface area contributed by atoms with Gasteiger partial charge in [0.05, 0.1) is 11.5 Å². The number of rotatable bonds is 7. The molecule has 1 saturated heterocycles. The van der Waals surface area contributed by atoms with E-state index in [4.69, 9.17) is 0 Å². The SMILES string of the molecule is Cc1cc(/C=N/N=C2/NC(=O)C(Cc3ccc(SC(F)F)cc3)S2)c(C)n1-c1ccc(Br)cc1. The van der Waals surface area contributed by atoms with Crippen LogP contribution in [0.2, 0.25) is 0 Å². The number of amides is 1. The van der Waals surface area contributed by atoms with Crippen LogP contribution >= 0.6 is 39.5 Å². The van der Waals surface area contributed by atoms with Crippen LogP contribution in [0.3, 0.4) is 0 Å². The first kappa shape index (κ1) is 24.7. The summed E-state index contributed by atoms with van der Waals surface area (Å²) in [5.74, 6) is -2.59. The molecule has 3 aromatic rings. The molecule has 0 bridgehead atoms. The summed E-state index contributed by atoms with van der Waals surface area (Å²) in [4.78, 5) is 12.8. The number of carbonyl (C=O) groups is 1. The largest absolute Gasteiger partial charge is 0.318 e. The average molecular weight is 563 g/mol. The maximum atomic E-state index is 12.5. The van der Waals surface area contributed by atoms with Crippen molar-refractivity contribution in [3.63, 3.8) is 0 Å². The van der Waals surface area contributed by atoms with Gasteiger partial charge >= 0.3 is 0 Å². The number of nitrogens with one attached hydrogen (secondary N) is 1. The minimum absolute atomic E-state index is 0.140. The molecule has 1 unspecified atom stereocenters. The molecule has 1 fully saturated rings. The molecule has 0 aliphatic carbocycles. The van der Waals surface area contributed by atoms with Crippen molar-refractivity contribution in [2.75, 3.05) is 0 Å². The number of amidine groups is 1. The smallest absolute Gasteiger partial charge is 0.288 e. The van der Waals surface area contributed by atoms with Gasteiger partial charge < -0.3 is 9.88 Å². The van der Waals surface area contributed by atoms with Gasteiger partial charge in [-0.15, -0.1) is 5.10 Å². The number of benzene rings is 2. The first-order valence-electron chi connectivity index (χ1n) is 10.4. The number of aromatic nitrogens is 1. The lowest BCUT2D eigenvalue weighted by atomic mass is 10.1. The summed E-state index contributed by atoms with van der Waals surface area (Å²) in [6.07, 6.45) is 2.16. The monoisotopic (exact) mass is 562 g/mol. The fraction of sp³-hybridized carbons (Fsp3) is 0.208. The van der Waals surface area contributed by atoms with E-state index in [2.05, 4.69) is 36.0 Å². The van der Waals surface area contributed by atoms with Crippen LogP contribution < -0.4 is 5.32 Å². The van der Waals surface area contributed by atoms with Crippen LogP contribution in [0.4, 0.5) is 8.78 Å². The van der Waals surface area contributed by atoms with E-state index < -0.39 is 5.76 Å². The summed E-state index contributed by atoms with van der Waals surface area (Å²) < 4.78 is 28.1. The lowest BCUT2D eigenvalue weighted by Crippen LogP contribution is -2.25. The minimum Gasteiger partial charge on any atom is -0.318 e. The first-order chi connectivity index (χ1) is 16.3. The lowest BCUT2D eigenvalue weighted by molar-refractivity contribution is -0.118. The van der Waals surface area contributed by atoms with Crippen molar-refractivity contribution in [1.82, 2.24) is 9.88 Å². The predicted molar refractivity (Wildman–Crippen MR) is 140 cm³/mol. The Hall–Kier alpha value is -2.43. The van der Waals surface area contributed by atoms with Gasteiger partial charge in [-0.2, -0.15) is 13.9 Å². The maximum Gasteiger partial charge on any atom is 0.288 e. The number of aryl methyl sites for hydroxylation is 1. The van der Waals surface area contributed by atoms with E-state index >= 15 is 0 Å². The highest BCUT2D eigenvalue weighted by Crippen LogP contribution is 2.28. The maximum absolute atomic E-state index is 12.5. The molecule has 2 aromatic carbocycles. The van der Waals surface area contributed by atoms with Crippen LogP contribution in [0, 0.1) is 13.8 Å². The molecule has 4 rings (SSSR count). The molecule has 1 atom stereocenters. The number of carbonyl (C=O) groups excluding carboxylic acids is 1. The van der Waals surface area contributed by atoms with Gasteiger partial charge in [-0.25, -0.2) is 0 Å². The van der Waals surface area contributed by atoms with Gasteiger partial charge in [0.2, 0.25) is 5.91 Å². The number of thioether (sulfide) groups is 2. The zero-order chi connectivity index (χ0) is 24.2. The second-order valence-corrected chi connectivity index (χ2v) is 10.8. The van der Waals surface area contributed by atoms with Crippen LogP contribution in [-0.2, 0) is 11.2 Å². The lowest BCUT2D eigenvalue weighted by Gasteiger charge is -2.09. The van der Waals surface area contributed by atoms with Crippen molar-refractivity contribution in [1.29, 1.82) is 0 Å². The average Bonchev–Trinajstić information content (AvgIpc) is 3.28. The quantitative estimate of drug-likeness (QED) is 0.208. The Morgan fingerprint density at radius 2 is 1.88 bits per heavy atom. The molecule has 0 spiro atoms. The molecule has 1 amide bonds. The molecular weight excluding hydrogens is 542 g/mol. The summed E-state index contributed by atoms with van der Waals surface area (Å²) in [7, 11) is 0. The van der Waals surface area contributed by atoms with Gasteiger partial charge in [0.1, 0.15) is 0 Å². The number of halogens is 3. The second kappa shape index (κ2) is 10.9. The van der Waals surface area contributed by atoms with Crippen LogP contribution in [0.15, 0.2) is 74.2 Å². The molecule has 10 heteroatoms. The van der Waals surface area contributed by atoms with Crippen LogP contribution in [-0.4, -0.2) is 32.9 Å². The molecule has 0 radical (unpaired) electrons. The van der Waals surface area contributed by atoms with Gasteiger partial charge in [0, 0.05) is 32.0 Å². The van der Waals surface area contributed by atoms with E-state index in [0.717, 1.165) is 32.7 Å². The van der Waals surface area contributed by atoms with E-state index in [1.807, 2.05) is 44.2 Å². The summed E-state index contributed by atoms with van der Waals surface area (Å²) >= 11 is 5.28. The third kappa shape index (κ3) is 5.97. The fourth-order valence-electron chi connectivity index (χ4n) is 3.66. The van der Waals surface area contributed by atoms with Crippen LogP contribution in [0.5, 0.6) is 0 Å². The van der Waals surface area contributed by atoms with Gasteiger partial charge in [-0.05, 0) is 68.3 Å². The van der Waals surface area contributed by atoms with Gasteiger partial charge in [-0.1, -0.05) is 51.6 Å². The Kier molecular flexibility index (Phi) is 7.90. The van der Waals surface area contributed by atoms with Gasteiger partial charge in [0.25, 0.3) is 5.76 Å². The summed E-state index contributed by atoms with van der Waals surface area (Å²) in [6, 6.07) is 17.0. The molecule has 0 saturated carbocycles. The van der Waals surface area contributed by atoms with Crippen molar-refractivity contribution in [3.8, 4) is 5.69 Å². The highest BCUT2D eigenvalue weighted by Gasteiger charge is 2.30. The van der Waals surface area contributed by atoms with Crippen LogP contribution in [0.25, 0.3) is 5.69 Å². The van der Waals surface area contributed by atoms with E-state index in [-0.39, 0.29) is 11.2 Å². The molecule has 2 heterocycles. The van der Waals surface area contributed by atoms with Crippen molar-refractivity contribution in [2.45, 2.75) is 36.2 Å². The normalized spacial score (nSPS) is 17.3.